The first-order valence-corrected chi connectivity index (χ1v) is 10.3. The second-order valence-corrected chi connectivity index (χ2v) is 8.57. The number of imidazole rings is 1. The molecular weight excluding hydrogens is 380 g/mol. The molecule has 1 fully saturated rings. The summed E-state index contributed by atoms with van der Waals surface area (Å²) in [6, 6.07) is 11.7. The number of para-hydroxylation sites is 1. The standard InChI is InChI=1S/C23H22N4O3/c1-15-11-26(14-24-15)18-6-7-19-21(28)25(8-9-27(19)22(18)29)13-23-10-16(23)12-30-20-5-3-2-4-17(20)23/h2-7,11,14,16H,8-10,12-13H2,1H3/t16?,23-/m0/s1. The Morgan fingerprint density at radius 3 is 2.87 bits per heavy atom. The molecule has 1 amide bonds. The number of pyridine rings is 1. The highest BCUT2D eigenvalue weighted by atomic mass is 16.5. The fraction of sp³-hybridized carbons (Fsp3) is 0.348. The van der Waals surface area contributed by atoms with Crippen molar-refractivity contribution in [1.82, 2.24) is 19.0 Å². The number of hydrogen-bond acceptors (Lipinski definition) is 4. The van der Waals surface area contributed by atoms with Crippen molar-refractivity contribution in [3.63, 3.8) is 0 Å². The van der Waals surface area contributed by atoms with Gasteiger partial charge in [-0.3, -0.25) is 9.59 Å². The molecule has 1 aromatic carbocycles. The van der Waals surface area contributed by atoms with Gasteiger partial charge in [0.15, 0.2) is 0 Å². The summed E-state index contributed by atoms with van der Waals surface area (Å²) >= 11 is 0. The predicted molar refractivity (Wildman–Crippen MR) is 110 cm³/mol. The largest absolute Gasteiger partial charge is 0.493 e. The maximum atomic E-state index is 13.3. The van der Waals surface area contributed by atoms with Crippen molar-refractivity contribution in [2.45, 2.75) is 25.3 Å². The quantitative estimate of drug-likeness (QED) is 0.673. The van der Waals surface area contributed by atoms with Crippen molar-refractivity contribution in [1.29, 1.82) is 0 Å². The van der Waals surface area contributed by atoms with Crippen LogP contribution in [0.1, 0.15) is 28.2 Å². The van der Waals surface area contributed by atoms with Gasteiger partial charge in [-0.15, -0.1) is 0 Å². The summed E-state index contributed by atoms with van der Waals surface area (Å²) in [4.78, 5) is 32.4. The summed E-state index contributed by atoms with van der Waals surface area (Å²) in [5.74, 6) is 1.32. The van der Waals surface area contributed by atoms with Crippen LogP contribution in [0.3, 0.4) is 0 Å². The van der Waals surface area contributed by atoms with Crippen LogP contribution in [0, 0.1) is 12.8 Å². The van der Waals surface area contributed by atoms with E-state index in [1.807, 2.05) is 36.2 Å². The van der Waals surface area contributed by atoms with Crippen LogP contribution in [0.25, 0.3) is 5.69 Å². The molecule has 0 spiro atoms. The summed E-state index contributed by atoms with van der Waals surface area (Å²) in [6.45, 7) is 4.30. The molecule has 0 saturated heterocycles. The first kappa shape index (κ1) is 17.5. The van der Waals surface area contributed by atoms with E-state index in [1.54, 1.807) is 27.6 Å². The van der Waals surface area contributed by atoms with Gasteiger partial charge in [-0.05, 0) is 31.5 Å². The first-order chi connectivity index (χ1) is 14.6. The maximum absolute atomic E-state index is 13.3. The Balaban J connectivity index is 1.32. The molecule has 2 atom stereocenters. The van der Waals surface area contributed by atoms with Crippen molar-refractivity contribution in [3.8, 4) is 11.4 Å². The van der Waals surface area contributed by atoms with Crippen molar-refractivity contribution >= 4 is 5.91 Å². The average molecular weight is 402 g/mol. The molecule has 3 aliphatic rings. The number of carbonyl (C=O) groups is 1. The van der Waals surface area contributed by atoms with E-state index in [2.05, 4.69) is 11.1 Å². The number of benzene rings is 1. The molecule has 0 bridgehead atoms. The van der Waals surface area contributed by atoms with Gasteiger partial charge in [-0.2, -0.15) is 0 Å². The van der Waals surface area contributed by atoms with E-state index >= 15 is 0 Å². The molecule has 0 N–H and O–H groups in total. The van der Waals surface area contributed by atoms with Crippen LogP contribution in [0.4, 0.5) is 0 Å². The van der Waals surface area contributed by atoms with E-state index in [-0.39, 0.29) is 16.9 Å². The molecule has 2 aromatic heterocycles. The topological polar surface area (TPSA) is 69.4 Å². The van der Waals surface area contributed by atoms with Gasteiger partial charge >= 0.3 is 0 Å². The molecule has 4 heterocycles. The highest BCUT2D eigenvalue weighted by Gasteiger charge is 2.60. The number of fused-ring (bicyclic) bond motifs is 4. The van der Waals surface area contributed by atoms with Crippen LogP contribution >= 0.6 is 0 Å². The highest BCUT2D eigenvalue weighted by Crippen LogP contribution is 2.59. The summed E-state index contributed by atoms with van der Waals surface area (Å²) < 4.78 is 9.21. The van der Waals surface area contributed by atoms with E-state index < -0.39 is 0 Å². The van der Waals surface area contributed by atoms with Gasteiger partial charge in [-0.25, -0.2) is 4.98 Å². The van der Waals surface area contributed by atoms with Crippen molar-refractivity contribution in [3.05, 3.63) is 76.2 Å². The molecule has 30 heavy (non-hydrogen) atoms. The number of carbonyl (C=O) groups excluding carboxylic acids is 1. The number of aryl methyl sites for hydroxylation is 1. The van der Waals surface area contributed by atoms with Crippen LogP contribution in [-0.4, -0.2) is 44.6 Å². The van der Waals surface area contributed by atoms with E-state index in [0.717, 1.165) is 17.9 Å². The zero-order chi connectivity index (χ0) is 20.5. The third-order valence-corrected chi connectivity index (χ3v) is 6.81. The highest BCUT2D eigenvalue weighted by molar-refractivity contribution is 5.93. The lowest BCUT2D eigenvalue weighted by Gasteiger charge is -2.35. The third kappa shape index (κ3) is 2.41. The van der Waals surface area contributed by atoms with E-state index in [0.29, 0.717) is 43.5 Å². The minimum absolute atomic E-state index is 0.0127. The van der Waals surface area contributed by atoms with Crippen LogP contribution in [0.2, 0.25) is 0 Å². The summed E-state index contributed by atoms with van der Waals surface area (Å²) in [6.07, 6.45) is 4.49. The van der Waals surface area contributed by atoms with Gasteiger partial charge in [0.1, 0.15) is 17.1 Å². The molecule has 6 rings (SSSR count). The molecule has 1 aliphatic carbocycles. The summed E-state index contributed by atoms with van der Waals surface area (Å²) in [5.41, 5.74) is 2.86. The average Bonchev–Trinajstić information content (AvgIpc) is 3.33. The Bertz CT molecular complexity index is 1240. The second kappa shape index (κ2) is 6.08. The molecule has 1 unspecified atom stereocenters. The van der Waals surface area contributed by atoms with Crippen LogP contribution in [0.5, 0.6) is 5.75 Å². The number of amides is 1. The molecule has 3 aromatic rings. The summed E-state index contributed by atoms with van der Waals surface area (Å²) in [5, 5.41) is 0. The van der Waals surface area contributed by atoms with Crippen molar-refractivity contribution in [2.24, 2.45) is 5.92 Å². The Morgan fingerprint density at radius 1 is 1.17 bits per heavy atom. The fourth-order valence-electron chi connectivity index (χ4n) is 5.10. The second-order valence-electron chi connectivity index (χ2n) is 8.57. The Hall–Kier alpha value is -3.35. The third-order valence-electron chi connectivity index (χ3n) is 6.81. The van der Waals surface area contributed by atoms with E-state index in [4.69, 9.17) is 4.74 Å². The van der Waals surface area contributed by atoms with Gasteiger partial charge in [0.25, 0.3) is 11.5 Å². The zero-order valence-corrected chi connectivity index (χ0v) is 16.7. The first-order valence-electron chi connectivity index (χ1n) is 10.3. The van der Waals surface area contributed by atoms with Crippen LogP contribution in [-0.2, 0) is 12.0 Å². The number of hydrogen-bond donors (Lipinski definition) is 0. The lowest BCUT2D eigenvalue weighted by molar-refractivity contribution is 0.0670. The lowest BCUT2D eigenvalue weighted by atomic mass is 9.90. The van der Waals surface area contributed by atoms with Crippen LogP contribution < -0.4 is 10.3 Å². The monoisotopic (exact) mass is 402 g/mol. The molecule has 7 heteroatoms. The minimum Gasteiger partial charge on any atom is -0.493 e. The molecular formula is C23H22N4O3. The molecule has 7 nitrogen and oxygen atoms in total. The number of ether oxygens (including phenoxy) is 1. The Labute approximate surface area is 173 Å². The van der Waals surface area contributed by atoms with Gasteiger partial charge in [0.05, 0.1) is 18.6 Å². The maximum Gasteiger partial charge on any atom is 0.275 e. The van der Waals surface area contributed by atoms with Gasteiger partial charge < -0.3 is 18.8 Å². The van der Waals surface area contributed by atoms with Crippen molar-refractivity contribution < 1.29 is 9.53 Å². The number of rotatable bonds is 3. The van der Waals surface area contributed by atoms with Gasteiger partial charge in [-0.1, -0.05) is 18.2 Å². The SMILES string of the molecule is Cc1cn(-c2ccc3n(c2=O)CCN(C[C@@]24CC2COc2ccccc24)C3=O)cn1. The minimum atomic E-state index is -0.156. The van der Waals surface area contributed by atoms with Crippen molar-refractivity contribution in [2.75, 3.05) is 19.7 Å². The van der Waals surface area contributed by atoms with Gasteiger partial charge in [0, 0.05) is 42.7 Å². The smallest absolute Gasteiger partial charge is 0.275 e. The molecule has 1 saturated carbocycles. The Kier molecular flexibility index (Phi) is 3.54. The zero-order valence-electron chi connectivity index (χ0n) is 16.7. The lowest BCUT2D eigenvalue weighted by Crippen LogP contribution is -2.48. The molecule has 0 radical (unpaired) electrons. The normalized spacial score (nSPS) is 24.0. The molecule has 2 aliphatic heterocycles. The number of nitrogens with zero attached hydrogens (tertiary/aromatic N) is 4. The molecule has 152 valence electrons. The van der Waals surface area contributed by atoms with Crippen LogP contribution in [0.15, 0.2) is 53.7 Å². The fourth-order valence-corrected chi connectivity index (χ4v) is 5.10. The van der Waals surface area contributed by atoms with E-state index in [9.17, 15) is 9.59 Å². The Morgan fingerprint density at radius 2 is 2.03 bits per heavy atom. The predicted octanol–water partition coefficient (Wildman–Crippen LogP) is 2.15. The van der Waals surface area contributed by atoms with Gasteiger partial charge in [0.2, 0.25) is 0 Å². The number of aromatic nitrogens is 3. The summed E-state index contributed by atoms with van der Waals surface area (Å²) in [7, 11) is 0. The van der Waals surface area contributed by atoms with E-state index in [1.165, 1.54) is 5.56 Å².